The first-order valence-corrected chi connectivity index (χ1v) is 14.1. The van der Waals surface area contributed by atoms with E-state index >= 15 is 0 Å². The van der Waals surface area contributed by atoms with Crippen LogP contribution >= 0.6 is 0 Å². The molecule has 1 amide bonds. The number of benzene rings is 3. The lowest BCUT2D eigenvalue weighted by Crippen LogP contribution is -2.37. The lowest BCUT2D eigenvalue weighted by Gasteiger charge is -2.36. The molecule has 1 atom stereocenters. The zero-order valence-electron chi connectivity index (χ0n) is 23.3. The molecular weight excluding hydrogens is 504 g/mol. The first kappa shape index (κ1) is 27.6. The highest BCUT2D eigenvalue weighted by Crippen LogP contribution is 2.45. The van der Waals surface area contributed by atoms with Gasteiger partial charge in [0.1, 0.15) is 11.5 Å². The Labute approximate surface area is 236 Å². The molecular formula is C33H38N2O5. The third-order valence-electron chi connectivity index (χ3n) is 8.18. The fraction of sp³-hybridized carbons (Fsp3) is 0.394. The molecule has 40 heavy (non-hydrogen) atoms. The number of methoxy groups -OCH3 is 1. The van der Waals surface area contributed by atoms with Gasteiger partial charge in [0.2, 0.25) is 0 Å². The van der Waals surface area contributed by atoms with Gasteiger partial charge >= 0.3 is 5.97 Å². The number of aliphatic carboxylic acids is 1. The Morgan fingerprint density at radius 2 is 1.70 bits per heavy atom. The van der Waals surface area contributed by atoms with Crippen molar-refractivity contribution in [3.8, 4) is 11.5 Å². The molecule has 210 valence electrons. The van der Waals surface area contributed by atoms with Crippen molar-refractivity contribution in [1.82, 2.24) is 0 Å². The largest absolute Gasteiger partial charge is 0.497 e. The van der Waals surface area contributed by atoms with Gasteiger partial charge in [0.05, 0.1) is 31.5 Å². The van der Waals surface area contributed by atoms with E-state index in [1.165, 1.54) is 0 Å². The minimum absolute atomic E-state index is 0.0511. The number of amides is 1. The number of piperidine rings is 1. The van der Waals surface area contributed by atoms with Gasteiger partial charge in [-0.25, -0.2) is 0 Å². The third-order valence-corrected chi connectivity index (χ3v) is 8.18. The predicted octanol–water partition coefficient (Wildman–Crippen LogP) is 6.24. The zero-order valence-corrected chi connectivity index (χ0v) is 23.3. The van der Waals surface area contributed by atoms with E-state index in [1.54, 1.807) is 12.0 Å². The summed E-state index contributed by atoms with van der Waals surface area (Å²) >= 11 is 0. The molecule has 1 heterocycles. The van der Waals surface area contributed by atoms with E-state index in [4.69, 9.17) is 9.47 Å². The minimum atomic E-state index is -0.746. The number of anilines is 2. The van der Waals surface area contributed by atoms with Crippen LogP contribution in [0.25, 0.3) is 0 Å². The summed E-state index contributed by atoms with van der Waals surface area (Å²) in [4.78, 5) is 28.6. The van der Waals surface area contributed by atoms with Gasteiger partial charge in [-0.1, -0.05) is 30.3 Å². The fourth-order valence-electron chi connectivity index (χ4n) is 5.68. The van der Waals surface area contributed by atoms with Crippen LogP contribution in [-0.4, -0.2) is 50.8 Å². The minimum Gasteiger partial charge on any atom is -0.497 e. The molecule has 1 unspecified atom stereocenters. The van der Waals surface area contributed by atoms with Crippen LogP contribution in [0.2, 0.25) is 0 Å². The van der Waals surface area contributed by atoms with Crippen molar-refractivity contribution < 1.29 is 24.2 Å². The van der Waals surface area contributed by atoms with Gasteiger partial charge in [-0.15, -0.1) is 0 Å². The van der Waals surface area contributed by atoms with Crippen LogP contribution in [0.5, 0.6) is 11.5 Å². The van der Waals surface area contributed by atoms with Gasteiger partial charge in [-0.05, 0) is 85.4 Å². The summed E-state index contributed by atoms with van der Waals surface area (Å²) in [6.45, 7) is 2.33. The Morgan fingerprint density at radius 1 is 0.950 bits per heavy atom. The first-order chi connectivity index (χ1) is 19.4. The highest BCUT2D eigenvalue weighted by atomic mass is 16.5. The Hall–Kier alpha value is -4.00. The topological polar surface area (TPSA) is 79.3 Å². The molecule has 1 saturated carbocycles. The number of carbonyl (C=O) groups is 2. The molecule has 5 rings (SSSR count). The molecule has 1 saturated heterocycles. The summed E-state index contributed by atoms with van der Waals surface area (Å²) in [5.41, 5.74) is 3.56. The van der Waals surface area contributed by atoms with Crippen LogP contribution in [-0.2, 0) is 4.79 Å². The molecule has 3 aromatic carbocycles. The Morgan fingerprint density at radius 3 is 2.38 bits per heavy atom. The number of hydrogen-bond acceptors (Lipinski definition) is 5. The van der Waals surface area contributed by atoms with Gasteiger partial charge in [0, 0.05) is 31.8 Å². The Bertz CT molecular complexity index is 1320. The van der Waals surface area contributed by atoms with Gasteiger partial charge in [-0.2, -0.15) is 0 Å². The van der Waals surface area contributed by atoms with Gasteiger partial charge < -0.3 is 24.4 Å². The fourth-order valence-corrected chi connectivity index (χ4v) is 5.68. The van der Waals surface area contributed by atoms with E-state index < -0.39 is 5.97 Å². The van der Waals surface area contributed by atoms with E-state index in [9.17, 15) is 14.7 Å². The quantitative estimate of drug-likeness (QED) is 0.309. The second kappa shape index (κ2) is 12.5. The molecule has 1 aliphatic carbocycles. The van der Waals surface area contributed by atoms with Crippen LogP contribution in [0.4, 0.5) is 11.4 Å². The molecule has 0 bridgehead atoms. The average Bonchev–Trinajstić information content (AvgIpc) is 3.84. The molecule has 1 aliphatic heterocycles. The summed E-state index contributed by atoms with van der Waals surface area (Å²) in [6.07, 6.45) is 4.32. The highest BCUT2D eigenvalue weighted by Gasteiger charge is 2.34. The van der Waals surface area contributed by atoms with E-state index in [2.05, 4.69) is 4.90 Å². The maximum Gasteiger partial charge on any atom is 0.303 e. The van der Waals surface area contributed by atoms with E-state index in [-0.39, 0.29) is 18.2 Å². The summed E-state index contributed by atoms with van der Waals surface area (Å²) in [5, 5.41) is 9.36. The van der Waals surface area contributed by atoms with E-state index in [1.807, 2.05) is 79.8 Å². The van der Waals surface area contributed by atoms with Crippen molar-refractivity contribution in [1.29, 1.82) is 0 Å². The SMILES string of the molecule is COc1ccc(N(C)C(=O)c2ccccc2)c(N2CCC(COc3cccc(C(CC(=O)O)C4CC4)c3)CC2)c1. The van der Waals surface area contributed by atoms with E-state index in [0.29, 0.717) is 24.0 Å². The molecule has 1 N–H and O–H groups in total. The van der Waals surface area contributed by atoms with Crippen LogP contribution in [0.3, 0.4) is 0 Å². The van der Waals surface area contributed by atoms with Crippen molar-refractivity contribution >= 4 is 23.3 Å². The summed E-state index contributed by atoms with van der Waals surface area (Å²) < 4.78 is 11.7. The maximum absolute atomic E-state index is 13.2. The van der Waals surface area contributed by atoms with Gasteiger partial charge in [0.25, 0.3) is 5.91 Å². The molecule has 7 heteroatoms. The van der Waals surface area contributed by atoms with Crippen molar-refractivity contribution in [3.63, 3.8) is 0 Å². The number of rotatable bonds is 11. The smallest absolute Gasteiger partial charge is 0.303 e. The van der Waals surface area contributed by atoms with Crippen molar-refractivity contribution in [2.75, 3.05) is 43.7 Å². The molecule has 0 aromatic heterocycles. The molecule has 2 aliphatic rings. The van der Waals surface area contributed by atoms with Crippen molar-refractivity contribution in [2.24, 2.45) is 11.8 Å². The summed E-state index contributed by atoms with van der Waals surface area (Å²) in [5.74, 6) is 1.72. The maximum atomic E-state index is 13.2. The lowest BCUT2D eigenvalue weighted by atomic mass is 9.91. The summed E-state index contributed by atoms with van der Waals surface area (Å²) in [6, 6.07) is 23.2. The van der Waals surface area contributed by atoms with Crippen LogP contribution in [0.15, 0.2) is 72.8 Å². The Balaban J connectivity index is 1.22. The van der Waals surface area contributed by atoms with Crippen molar-refractivity contribution in [2.45, 2.75) is 38.0 Å². The zero-order chi connectivity index (χ0) is 28.1. The number of carboxylic acids is 1. The monoisotopic (exact) mass is 542 g/mol. The predicted molar refractivity (Wildman–Crippen MR) is 157 cm³/mol. The van der Waals surface area contributed by atoms with Crippen LogP contribution in [0.1, 0.15) is 53.9 Å². The molecule has 2 fully saturated rings. The van der Waals surface area contributed by atoms with Gasteiger partial charge in [0.15, 0.2) is 0 Å². The molecule has 7 nitrogen and oxygen atoms in total. The summed E-state index contributed by atoms with van der Waals surface area (Å²) in [7, 11) is 3.48. The molecule has 0 radical (unpaired) electrons. The normalized spacial score (nSPS) is 16.3. The van der Waals surface area contributed by atoms with Crippen LogP contribution < -0.4 is 19.3 Å². The van der Waals surface area contributed by atoms with Crippen LogP contribution in [0, 0.1) is 11.8 Å². The second-order valence-electron chi connectivity index (χ2n) is 10.9. The standard InChI is InChI=1S/C33H38N2O5/c1-34(33(38)25-7-4-3-5-8-25)30-14-13-27(39-2)20-31(30)35-17-15-23(16-18-35)22-40-28-10-6-9-26(19-28)29(21-32(36)37)24-11-12-24/h3-10,13-14,19-20,23-24,29H,11-12,15-18,21-22H2,1-2H3,(H,36,37). The number of carbonyl (C=O) groups excluding carboxylic acids is 1. The number of ether oxygens (including phenoxy) is 2. The highest BCUT2D eigenvalue weighted by molar-refractivity contribution is 6.07. The number of hydrogen-bond donors (Lipinski definition) is 1. The van der Waals surface area contributed by atoms with E-state index in [0.717, 1.165) is 67.2 Å². The first-order valence-electron chi connectivity index (χ1n) is 14.1. The van der Waals surface area contributed by atoms with Crippen molar-refractivity contribution in [3.05, 3.63) is 83.9 Å². The second-order valence-corrected chi connectivity index (χ2v) is 10.9. The third kappa shape index (κ3) is 6.58. The molecule has 0 spiro atoms. The number of nitrogens with zero attached hydrogens (tertiary/aromatic N) is 2. The Kier molecular flexibility index (Phi) is 8.58. The number of carboxylic acid groups (broad SMARTS) is 1. The molecule has 3 aromatic rings. The average molecular weight is 543 g/mol. The van der Waals surface area contributed by atoms with Gasteiger partial charge in [-0.3, -0.25) is 9.59 Å². The lowest BCUT2D eigenvalue weighted by molar-refractivity contribution is -0.137.